The highest BCUT2D eigenvalue weighted by molar-refractivity contribution is 8.14. The summed E-state index contributed by atoms with van der Waals surface area (Å²) in [4.78, 5) is 4.09. The topological polar surface area (TPSA) is 81.2 Å². The Kier molecular flexibility index (Phi) is 5.90. The van der Waals surface area contributed by atoms with Crippen LogP contribution in [-0.4, -0.2) is 21.8 Å². The molecular formula is C19H13Cl2NO4S2. The van der Waals surface area contributed by atoms with E-state index in [2.05, 4.69) is 4.98 Å². The lowest BCUT2D eigenvalue weighted by Gasteiger charge is -2.01. The lowest BCUT2D eigenvalue weighted by molar-refractivity contribution is 0.606. The predicted molar refractivity (Wildman–Crippen MR) is 112 cm³/mol. The van der Waals surface area contributed by atoms with Gasteiger partial charge in [-0.15, -0.1) is 0 Å². The van der Waals surface area contributed by atoms with Crippen LogP contribution >= 0.6 is 21.4 Å². The zero-order valence-corrected chi connectivity index (χ0v) is 17.3. The van der Waals surface area contributed by atoms with Crippen molar-refractivity contribution in [1.29, 1.82) is 0 Å². The van der Waals surface area contributed by atoms with E-state index in [4.69, 9.17) is 21.4 Å². The summed E-state index contributed by atoms with van der Waals surface area (Å²) in [5, 5.41) is 2.30. The SMILES string of the molecule is O=S(=O)(Cl)c1ccc2ccccc2n1.O=S(=O)(Cl)c1cccc2ccccc12. The molecule has 0 bridgehead atoms. The first-order valence-corrected chi connectivity index (χ1v) is 12.5. The van der Waals surface area contributed by atoms with E-state index in [1.807, 2.05) is 30.3 Å². The van der Waals surface area contributed by atoms with E-state index in [1.165, 1.54) is 12.1 Å². The summed E-state index contributed by atoms with van der Waals surface area (Å²) < 4.78 is 44.4. The molecule has 0 aliphatic heterocycles. The van der Waals surface area contributed by atoms with Crippen molar-refractivity contribution in [2.75, 3.05) is 0 Å². The quantitative estimate of drug-likeness (QED) is 0.401. The van der Waals surface area contributed by atoms with Crippen molar-refractivity contribution in [1.82, 2.24) is 4.98 Å². The third-order valence-corrected chi connectivity index (χ3v) is 6.42. The van der Waals surface area contributed by atoms with Crippen molar-refractivity contribution in [2.24, 2.45) is 0 Å². The second-order valence-electron chi connectivity index (χ2n) is 5.70. The Balaban J connectivity index is 0.000000161. The Hall–Kier alpha value is -2.19. The van der Waals surface area contributed by atoms with Gasteiger partial charge in [0.15, 0.2) is 5.03 Å². The minimum absolute atomic E-state index is 0.113. The van der Waals surface area contributed by atoms with Crippen LogP contribution in [-0.2, 0) is 18.1 Å². The number of hydrogen-bond donors (Lipinski definition) is 0. The first kappa shape index (κ1) is 20.5. The van der Waals surface area contributed by atoms with Gasteiger partial charge in [0.25, 0.3) is 18.1 Å². The number of rotatable bonds is 2. The molecule has 0 saturated carbocycles. The fourth-order valence-electron chi connectivity index (χ4n) is 2.59. The van der Waals surface area contributed by atoms with Gasteiger partial charge in [0, 0.05) is 32.1 Å². The summed E-state index contributed by atoms with van der Waals surface area (Å²) in [5.41, 5.74) is 0.620. The Bertz CT molecular complexity index is 1360. The molecule has 0 spiro atoms. The van der Waals surface area contributed by atoms with Crippen molar-refractivity contribution >= 4 is 61.1 Å². The van der Waals surface area contributed by atoms with Crippen LogP contribution in [0.15, 0.2) is 88.8 Å². The monoisotopic (exact) mass is 453 g/mol. The molecule has 144 valence electrons. The molecule has 1 aromatic heterocycles. The molecule has 0 atom stereocenters. The van der Waals surface area contributed by atoms with Crippen LogP contribution in [0.3, 0.4) is 0 Å². The van der Waals surface area contributed by atoms with Gasteiger partial charge in [-0.1, -0.05) is 54.6 Å². The highest BCUT2D eigenvalue weighted by Gasteiger charge is 2.13. The number of aromatic nitrogens is 1. The van der Waals surface area contributed by atoms with Gasteiger partial charge in [0.1, 0.15) is 0 Å². The van der Waals surface area contributed by atoms with Crippen LogP contribution in [0.4, 0.5) is 0 Å². The minimum atomic E-state index is -3.73. The summed E-state index contributed by atoms with van der Waals surface area (Å²) in [6.07, 6.45) is 0. The Morgan fingerprint density at radius 3 is 1.89 bits per heavy atom. The van der Waals surface area contributed by atoms with Gasteiger partial charge in [-0.05, 0) is 29.7 Å². The van der Waals surface area contributed by atoms with Gasteiger partial charge < -0.3 is 0 Å². The molecule has 5 nitrogen and oxygen atoms in total. The first-order valence-electron chi connectivity index (χ1n) is 7.89. The van der Waals surface area contributed by atoms with Crippen molar-refractivity contribution in [3.63, 3.8) is 0 Å². The van der Waals surface area contributed by atoms with Crippen LogP contribution in [0.5, 0.6) is 0 Å². The fourth-order valence-corrected chi connectivity index (χ4v) is 4.38. The van der Waals surface area contributed by atoms with E-state index in [0.717, 1.165) is 10.8 Å². The summed E-state index contributed by atoms with van der Waals surface area (Å²) in [6.45, 7) is 0. The van der Waals surface area contributed by atoms with Crippen molar-refractivity contribution in [2.45, 2.75) is 9.92 Å². The third kappa shape index (κ3) is 4.80. The fraction of sp³-hybridized carbons (Fsp3) is 0. The van der Waals surface area contributed by atoms with Gasteiger partial charge in [-0.3, -0.25) is 0 Å². The maximum Gasteiger partial charge on any atom is 0.278 e. The molecule has 0 saturated heterocycles. The van der Waals surface area contributed by atoms with Gasteiger partial charge >= 0.3 is 0 Å². The van der Waals surface area contributed by atoms with E-state index >= 15 is 0 Å². The minimum Gasteiger partial charge on any atom is -0.235 e. The normalized spacial score (nSPS) is 11.8. The van der Waals surface area contributed by atoms with E-state index in [1.54, 1.807) is 36.4 Å². The van der Waals surface area contributed by atoms with Crippen molar-refractivity contribution in [3.05, 3.63) is 78.9 Å². The van der Waals surface area contributed by atoms with Gasteiger partial charge in [-0.2, -0.15) is 0 Å². The molecule has 9 heteroatoms. The Morgan fingerprint density at radius 2 is 1.21 bits per heavy atom. The van der Waals surface area contributed by atoms with E-state index in [0.29, 0.717) is 10.9 Å². The summed E-state index contributed by atoms with van der Waals surface area (Å²) >= 11 is 0. The molecule has 0 aliphatic rings. The zero-order chi connectivity index (χ0) is 20.4. The van der Waals surface area contributed by atoms with Crippen molar-refractivity contribution in [3.8, 4) is 0 Å². The third-order valence-electron chi connectivity index (χ3n) is 3.83. The number of halogens is 2. The average Bonchev–Trinajstić information content (AvgIpc) is 2.66. The molecule has 0 radical (unpaired) electrons. The van der Waals surface area contributed by atoms with E-state index in [9.17, 15) is 16.8 Å². The number of benzene rings is 3. The number of pyridine rings is 1. The summed E-state index contributed by atoms with van der Waals surface area (Å²) in [6, 6.07) is 22.6. The number of fused-ring (bicyclic) bond motifs is 2. The predicted octanol–water partition coefficient (Wildman–Crippen LogP) is 4.93. The molecule has 1 heterocycles. The average molecular weight is 454 g/mol. The molecule has 3 aromatic carbocycles. The molecule has 0 N–H and O–H groups in total. The van der Waals surface area contributed by atoms with Crippen LogP contribution in [0.25, 0.3) is 21.7 Å². The number of hydrogen-bond acceptors (Lipinski definition) is 5. The second-order valence-corrected chi connectivity index (χ2v) is 10.7. The standard InChI is InChI=1S/C10H7ClO2S.C9H6ClNO2S/c11-14(12,13)10-7-3-5-8-4-1-2-6-9(8)10;10-14(12,13)9-6-5-7-3-1-2-4-8(7)11-9/h1-7H;1-6H. The molecule has 28 heavy (non-hydrogen) atoms. The molecule has 0 amide bonds. The van der Waals surface area contributed by atoms with Gasteiger partial charge in [0.2, 0.25) is 0 Å². The maximum absolute atomic E-state index is 11.2. The Morgan fingerprint density at radius 1 is 0.607 bits per heavy atom. The largest absolute Gasteiger partial charge is 0.278 e. The van der Waals surface area contributed by atoms with Gasteiger partial charge in [-0.25, -0.2) is 21.8 Å². The molecule has 0 unspecified atom stereocenters. The van der Waals surface area contributed by atoms with Gasteiger partial charge in [0.05, 0.1) is 10.4 Å². The van der Waals surface area contributed by atoms with Crippen LogP contribution in [0.2, 0.25) is 0 Å². The van der Waals surface area contributed by atoms with Crippen LogP contribution in [0, 0.1) is 0 Å². The molecule has 4 aromatic rings. The van der Waals surface area contributed by atoms with Crippen LogP contribution in [0.1, 0.15) is 0 Å². The van der Waals surface area contributed by atoms with Crippen LogP contribution < -0.4 is 0 Å². The lowest BCUT2D eigenvalue weighted by Crippen LogP contribution is -1.94. The maximum atomic E-state index is 11.2. The zero-order valence-electron chi connectivity index (χ0n) is 14.2. The smallest absolute Gasteiger partial charge is 0.235 e. The Labute approximate surface area is 171 Å². The van der Waals surface area contributed by atoms with E-state index < -0.39 is 18.1 Å². The lowest BCUT2D eigenvalue weighted by atomic mass is 10.1. The number of nitrogens with zero attached hydrogens (tertiary/aromatic N) is 1. The molecule has 0 fully saturated rings. The highest BCUT2D eigenvalue weighted by atomic mass is 35.7. The second kappa shape index (κ2) is 8.05. The summed E-state index contributed by atoms with van der Waals surface area (Å²) in [5.74, 6) is 0. The van der Waals surface area contributed by atoms with E-state index in [-0.39, 0.29) is 9.92 Å². The molecule has 0 aliphatic carbocycles. The summed E-state index contributed by atoms with van der Waals surface area (Å²) in [7, 11) is 3.09. The van der Waals surface area contributed by atoms with Crippen molar-refractivity contribution < 1.29 is 16.8 Å². The highest BCUT2D eigenvalue weighted by Crippen LogP contribution is 2.25. The first-order chi connectivity index (χ1) is 13.2. The number of para-hydroxylation sites is 1. The molecule has 4 rings (SSSR count). The molecular weight excluding hydrogens is 441 g/mol.